The first kappa shape index (κ1) is 16.1. The van der Waals surface area contributed by atoms with Crippen LogP contribution in [0.25, 0.3) is 0 Å². The van der Waals surface area contributed by atoms with Crippen molar-refractivity contribution in [3.05, 3.63) is 65.7 Å². The summed E-state index contributed by atoms with van der Waals surface area (Å²) in [6.07, 6.45) is 0.304. The molecular formula is C19H23NO2. The number of phenols is 1. The van der Waals surface area contributed by atoms with Gasteiger partial charge in [0.1, 0.15) is 5.75 Å². The smallest absolute Gasteiger partial charge is 0.221 e. The molecule has 0 aliphatic rings. The van der Waals surface area contributed by atoms with Crippen LogP contribution in [0.4, 0.5) is 0 Å². The lowest BCUT2D eigenvalue weighted by molar-refractivity contribution is -0.122. The Morgan fingerprint density at radius 3 is 2.23 bits per heavy atom. The van der Waals surface area contributed by atoms with Gasteiger partial charge in [0.05, 0.1) is 0 Å². The van der Waals surface area contributed by atoms with Crippen molar-refractivity contribution in [2.24, 2.45) is 0 Å². The molecule has 0 aliphatic carbocycles. The van der Waals surface area contributed by atoms with Crippen LogP contribution in [0, 0.1) is 0 Å². The van der Waals surface area contributed by atoms with E-state index in [2.05, 4.69) is 5.32 Å². The van der Waals surface area contributed by atoms with Crippen molar-refractivity contribution in [2.45, 2.75) is 38.6 Å². The first-order valence-electron chi connectivity index (χ1n) is 7.50. The molecule has 1 atom stereocenters. The van der Waals surface area contributed by atoms with Gasteiger partial charge in [-0.15, -0.1) is 0 Å². The van der Waals surface area contributed by atoms with Crippen LogP contribution in [0.3, 0.4) is 0 Å². The zero-order valence-corrected chi connectivity index (χ0v) is 13.3. The average Bonchev–Trinajstić information content (AvgIpc) is 2.45. The first-order chi connectivity index (χ1) is 10.4. The predicted molar refractivity (Wildman–Crippen MR) is 88.9 cm³/mol. The van der Waals surface area contributed by atoms with Gasteiger partial charge in [0.2, 0.25) is 5.91 Å². The standard InChI is InChI=1S/C19H23NO2/c1-19(2,3)20-18(22)13-16(14-9-5-4-6-10-14)15-11-7-8-12-17(15)21/h4-12,16,21H,13H2,1-3H3,(H,20,22)/t16-/m0/s1. The molecule has 0 aliphatic heterocycles. The molecule has 1 amide bonds. The maximum absolute atomic E-state index is 12.3. The second kappa shape index (κ2) is 6.65. The summed E-state index contributed by atoms with van der Waals surface area (Å²) in [5.74, 6) is 0.0364. The number of para-hydroxylation sites is 1. The zero-order chi connectivity index (χ0) is 16.2. The molecule has 2 aromatic carbocycles. The summed E-state index contributed by atoms with van der Waals surface area (Å²) >= 11 is 0. The Balaban J connectivity index is 2.31. The van der Waals surface area contributed by atoms with E-state index in [0.717, 1.165) is 11.1 Å². The van der Waals surface area contributed by atoms with E-state index in [4.69, 9.17) is 0 Å². The summed E-state index contributed by atoms with van der Waals surface area (Å²) in [7, 11) is 0. The third-order valence-electron chi connectivity index (χ3n) is 3.42. The van der Waals surface area contributed by atoms with E-state index in [-0.39, 0.29) is 23.1 Å². The maximum Gasteiger partial charge on any atom is 0.221 e. The van der Waals surface area contributed by atoms with Crippen LogP contribution in [-0.2, 0) is 4.79 Å². The highest BCUT2D eigenvalue weighted by atomic mass is 16.3. The van der Waals surface area contributed by atoms with Crippen LogP contribution in [-0.4, -0.2) is 16.6 Å². The van der Waals surface area contributed by atoms with Crippen molar-refractivity contribution >= 4 is 5.91 Å². The Kier molecular flexibility index (Phi) is 4.86. The Morgan fingerprint density at radius 1 is 1.05 bits per heavy atom. The largest absolute Gasteiger partial charge is 0.508 e. The first-order valence-corrected chi connectivity index (χ1v) is 7.50. The fourth-order valence-corrected chi connectivity index (χ4v) is 2.53. The van der Waals surface area contributed by atoms with Crippen LogP contribution < -0.4 is 5.32 Å². The van der Waals surface area contributed by atoms with E-state index >= 15 is 0 Å². The number of aromatic hydroxyl groups is 1. The Hall–Kier alpha value is -2.29. The molecule has 2 rings (SSSR count). The number of benzene rings is 2. The number of carbonyl (C=O) groups is 1. The number of amides is 1. The second-order valence-corrected chi connectivity index (χ2v) is 6.52. The lowest BCUT2D eigenvalue weighted by Crippen LogP contribution is -2.41. The lowest BCUT2D eigenvalue weighted by atomic mass is 9.87. The van der Waals surface area contributed by atoms with Gasteiger partial charge in [-0.25, -0.2) is 0 Å². The van der Waals surface area contributed by atoms with E-state index in [0.29, 0.717) is 6.42 Å². The van der Waals surface area contributed by atoms with Crippen LogP contribution in [0.5, 0.6) is 5.75 Å². The molecule has 0 radical (unpaired) electrons. The number of carbonyl (C=O) groups excluding carboxylic acids is 1. The normalized spacial score (nSPS) is 12.7. The quantitative estimate of drug-likeness (QED) is 0.901. The second-order valence-electron chi connectivity index (χ2n) is 6.52. The lowest BCUT2D eigenvalue weighted by Gasteiger charge is -2.24. The monoisotopic (exact) mass is 297 g/mol. The van der Waals surface area contributed by atoms with Crippen molar-refractivity contribution in [2.75, 3.05) is 0 Å². The van der Waals surface area contributed by atoms with Gasteiger partial charge in [-0.1, -0.05) is 48.5 Å². The summed E-state index contributed by atoms with van der Waals surface area (Å²) in [5, 5.41) is 13.1. The number of hydrogen-bond acceptors (Lipinski definition) is 2. The number of phenolic OH excluding ortho intramolecular Hbond substituents is 1. The van der Waals surface area contributed by atoms with E-state index in [1.54, 1.807) is 12.1 Å². The zero-order valence-electron chi connectivity index (χ0n) is 13.3. The van der Waals surface area contributed by atoms with Crippen LogP contribution in [0.1, 0.15) is 44.2 Å². The Morgan fingerprint density at radius 2 is 1.64 bits per heavy atom. The molecule has 116 valence electrons. The third-order valence-corrected chi connectivity index (χ3v) is 3.42. The molecule has 3 nitrogen and oxygen atoms in total. The van der Waals surface area contributed by atoms with Gasteiger partial charge < -0.3 is 10.4 Å². The SMILES string of the molecule is CC(C)(C)NC(=O)C[C@@H](c1ccccc1)c1ccccc1O. The minimum atomic E-state index is -0.267. The highest BCUT2D eigenvalue weighted by Gasteiger charge is 2.23. The molecule has 0 saturated heterocycles. The summed E-state index contributed by atoms with van der Waals surface area (Å²) in [6.45, 7) is 5.88. The van der Waals surface area contributed by atoms with Gasteiger partial charge in [0, 0.05) is 23.4 Å². The highest BCUT2D eigenvalue weighted by Crippen LogP contribution is 2.33. The van der Waals surface area contributed by atoms with Crippen molar-refractivity contribution in [3.8, 4) is 5.75 Å². The fraction of sp³-hybridized carbons (Fsp3) is 0.316. The van der Waals surface area contributed by atoms with Gasteiger partial charge in [-0.05, 0) is 32.4 Å². The van der Waals surface area contributed by atoms with Crippen molar-refractivity contribution in [3.63, 3.8) is 0 Å². The topological polar surface area (TPSA) is 49.3 Å². The van der Waals surface area contributed by atoms with Gasteiger partial charge in [0.25, 0.3) is 0 Å². The van der Waals surface area contributed by atoms with E-state index in [9.17, 15) is 9.90 Å². The molecule has 0 unspecified atom stereocenters. The molecule has 0 bridgehead atoms. The van der Waals surface area contributed by atoms with Gasteiger partial charge in [-0.2, -0.15) is 0 Å². The Bertz CT molecular complexity index is 629. The third kappa shape index (κ3) is 4.35. The average molecular weight is 297 g/mol. The van der Waals surface area contributed by atoms with Gasteiger partial charge >= 0.3 is 0 Å². The van der Waals surface area contributed by atoms with E-state index < -0.39 is 0 Å². The molecule has 0 spiro atoms. The van der Waals surface area contributed by atoms with Crippen molar-refractivity contribution in [1.29, 1.82) is 0 Å². The van der Waals surface area contributed by atoms with Gasteiger partial charge in [0.15, 0.2) is 0 Å². The van der Waals surface area contributed by atoms with Gasteiger partial charge in [-0.3, -0.25) is 4.79 Å². The number of hydrogen-bond donors (Lipinski definition) is 2. The minimum Gasteiger partial charge on any atom is -0.508 e. The molecule has 3 heteroatoms. The molecule has 2 N–H and O–H groups in total. The van der Waals surface area contributed by atoms with Crippen LogP contribution in [0.15, 0.2) is 54.6 Å². The summed E-state index contributed by atoms with van der Waals surface area (Å²) in [4.78, 5) is 12.3. The summed E-state index contributed by atoms with van der Waals surface area (Å²) < 4.78 is 0. The van der Waals surface area contributed by atoms with E-state index in [1.807, 2.05) is 63.2 Å². The summed E-state index contributed by atoms with van der Waals surface area (Å²) in [5.41, 5.74) is 1.53. The van der Waals surface area contributed by atoms with Crippen molar-refractivity contribution < 1.29 is 9.90 Å². The van der Waals surface area contributed by atoms with Crippen LogP contribution >= 0.6 is 0 Å². The van der Waals surface area contributed by atoms with E-state index in [1.165, 1.54) is 0 Å². The highest BCUT2D eigenvalue weighted by molar-refractivity contribution is 5.78. The molecule has 0 fully saturated rings. The summed E-state index contributed by atoms with van der Waals surface area (Å²) in [6, 6.07) is 17.0. The maximum atomic E-state index is 12.3. The molecule has 0 saturated carbocycles. The molecule has 2 aromatic rings. The van der Waals surface area contributed by atoms with Crippen molar-refractivity contribution in [1.82, 2.24) is 5.32 Å². The minimum absolute atomic E-state index is 0.0235. The molecule has 0 heterocycles. The predicted octanol–water partition coefficient (Wildman–Crippen LogP) is 3.83. The molecule has 0 aromatic heterocycles. The molecule has 22 heavy (non-hydrogen) atoms. The van der Waals surface area contributed by atoms with Crippen LogP contribution in [0.2, 0.25) is 0 Å². The number of rotatable bonds is 4. The number of nitrogens with one attached hydrogen (secondary N) is 1. The Labute approximate surface area is 132 Å². The molecular weight excluding hydrogens is 274 g/mol. The fourth-order valence-electron chi connectivity index (χ4n) is 2.53.